The van der Waals surface area contributed by atoms with Crippen LogP contribution in [0.2, 0.25) is 0 Å². The SMILES string of the molecule is CCC[C@@H](NC(=O)Cc1ccc(C(=O)OCC)cc1)c1ccccc1N1CCCCC1. The van der Waals surface area contributed by atoms with Gasteiger partial charge in [-0.05, 0) is 61.9 Å². The van der Waals surface area contributed by atoms with Crippen LogP contribution < -0.4 is 10.2 Å². The number of anilines is 1. The molecule has 5 nitrogen and oxygen atoms in total. The van der Waals surface area contributed by atoms with E-state index in [1.807, 2.05) is 12.1 Å². The Hall–Kier alpha value is -2.82. The zero-order valence-corrected chi connectivity index (χ0v) is 18.7. The maximum absolute atomic E-state index is 12.9. The van der Waals surface area contributed by atoms with Gasteiger partial charge in [0, 0.05) is 18.8 Å². The molecule has 1 saturated heterocycles. The summed E-state index contributed by atoms with van der Waals surface area (Å²) in [5.74, 6) is -0.341. The van der Waals surface area contributed by atoms with E-state index in [0.717, 1.165) is 31.5 Å². The molecule has 0 radical (unpaired) electrons. The lowest BCUT2D eigenvalue weighted by atomic mass is 9.98. The summed E-state index contributed by atoms with van der Waals surface area (Å²) >= 11 is 0. The Morgan fingerprint density at radius 1 is 1.00 bits per heavy atom. The van der Waals surface area contributed by atoms with Crippen molar-refractivity contribution in [1.82, 2.24) is 5.32 Å². The van der Waals surface area contributed by atoms with Crippen molar-refractivity contribution < 1.29 is 14.3 Å². The molecule has 1 amide bonds. The standard InChI is InChI=1S/C26H34N2O3/c1-3-10-23(22-11-6-7-12-24(22)28-17-8-5-9-18-28)27-25(29)19-20-13-15-21(16-14-20)26(30)31-4-2/h6-7,11-16,23H,3-5,8-10,17-19H2,1-2H3,(H,27,29)/t23-/m1/s1. The molecule has 0 spiro atoms. The topological polar surface area (TPSA) is 58.6 Å². The van der Waals surface area contributed by atoms with Crippen molar-refractivity contribution in [2.24, 2.45) is 0 Å². The van der Waals surface area contributed by atoms with Gasteiger partial charge in [0.15, 0.2) is 0 Å². The van der Waals surface area contributed by atoms with Crippen LogP contribution in [0, 0.1) is 0 Å². The molecular formula is C26H34N2O3. The van der Waals surface area contributed by atoms with Crippen molar-refractivity contribution in [2.75, 3.05) is 24.6 Å². The Bertz CT molecular complexity index is 857. The molecule has 1 heterocycles. The van der Waals surface area contributed by atoms with Gasteiger partial charge in [0.25, 0.3) is 0 Å². The van der Waals surface area contributed by atoms with Gasteiger partial charge in [-0.3, -0.25) is 4.79 Å². The van der Waals surface area contributed by atoms with Gasteiger partial charge in [-0.1, -0.05) is 43.7 Å². The number of nitrogens with zero attached hydrogens (tertiary/aromatic N) is 1. The first-order chi connectivity index (χ1) is 15.1. The fraction of sp³-hybridized carbons (Fsp3) is 0.462. The molecule has 1 fully saturated rings. The molecule has 0 aromatic heterocycles. The van der Waals surface area contributed by atoms with E-state index in [1.54, 1.807) is 19.1 Å². The number of para-hydroxylation sites is 1. The predicted octanol–water partition coefficient (Wildman–Crippen LogP) is 5.05. The molecule has 2 aromatic carbocycles. The highest BCUT2D eigenvalue weighted by Crippen LogP contribution is 2.31. The first kappa shape index (κ1) is 22.9. The number of benzene rings is 2. The van der Waals surface area contributed by atoms with Crippen molar-refractivity contribution >= 4 is 17.6 Å². The van der Waals surface area contributed by atoms with Crippen LogP contribution in [-0.4, -0.2) is 31.6 Å². The third-order valence-electron chi connectivity index (χ3n) is 5.75. The lowest BCUT2D eigenvalue weighted by molar-refractivity contribution is -0.121. The number of rotatable bonds is 9. The summed E-state index contributed by atoms with van der Waals surface area (Å²) in [5, 5.41) is 3.26. The summed E-state index contributed by atoms with van der Waals surface area (Å²) in [7, 11) is 0. The maximum atomic E-state index is 12.9. The first-order valence-corrected chi connectivity index (χ1v) is 11.5. The van der Waals surface area contributed by atoms with Gasteiger partial charge >= 0.3 is 5.97 Å². The molecular weight excluding hydrogens is 388 g/mol. The highest BCUT2D eigenvalue weighted by molar-refractivity contribution is 5.89. The number of hydrogen-bond acceptors (Lipinski definition) is 4. The van der Waals surface area contributed by atoms with Crippen LogP contribution in [0.4, 0.5) is 5.69 Å². The van der Waals surface area contributed by atoms with Crippen LogP contribution >= 0.6 is 0 Å². The molecule has 0 bridgehead atoms. The monoisotopic (exact) mass is 422 g/mol. The van der Waals surface area contributed by atoms with Crippen molar-refractivity contribution in [1.29, 1.82) is 0 Å². The molecule has 2 aromatic rings. The minimum Gasteiger partial charge on any atom is -0.462 e. The summed E-state index contributed by atoms with van der Waals surface area (Å²) in [6.07, 6.45) is 5.92. The third kappa shape index (κ3) is 6.33. The van der Waals surface area contributed by atoms with Gasteiger partial charge < -0.3 is 15.0 Å². The zero-order chi connectivity index (χ0) is 22.1. The van der Waals surface area contributed by atoms with E-state index in [-0.39, 0.29) is 24.3 Å². The summed E-state index contributed by atoms with van der Waals surface area (Å²) in [6.45, 7) is 6.44. The summed E-state index contributed by atoms with van der Waals surface area (Å²) in [6, 6.07) is 15.6. The van der Waals surface area contributed by atoms with Gasteiger partial charge in [0.1, 0.15) is 0 Å². The van der Waals surface area contributed by atoms with Crippen LogP contribution in [0.15, 0.2) is 48.5 Å². The zero-order valence-electron chi connectivity index (χ0n) is 18.7. The van der Waals surface area contributed by atoms with Gasteiger partial charge in [-0.25, -0.2) is 4.79 Å². The number of carbonyl (C=O) groups is 2. The molecule has 1 N–H and O–H groups in total. The lowest BCUT2D eigenvalue weighted by Crippen LogP contribution is -2.34. The number of carbonyl (C=O) groups excluding carboxylic acids is 2. The summed E-state index contributed by atoms with van der Waals surface area (Å²) < 4.78 is 5.02. The van der Waals surface area contributed by atoms with E-state index in [4.69, 9.17) is 4.74 Å². The Labute approximate surface area is 185 Å². The minimum absolute atomic E-state index is 0.00391. The lowest BCUT2D eigenvalue weighted by Gasteiger charge is -2.32. The maximum Gasteiger partial charge on any atom is 0.338 e. The Kier molecular flexibility index (Phi) is 8.51. The average Bonchev–Trinajstić information content (AvgIpc) is 2.80. The Morgan fingerprint density at radius 2 is 1.71 bits per heavy atom. The predicted molar refractivity (Wildman–Crippen MR) is 124 cm³/mol. The second kappa shape index (κ2) is 11.5. The van der Waals surface area contributed by atoms with E-state index in [1.165, 1.54) is 30.5 Å². The molecule has 1 aliphatic heterocycles. The smallest absolute Gasteiger partial charge is 0.338 e. The molecule has 0 aliphatic carbocycles. The third-order valence-corrected chi connectivity index (χ3v) is 5.75. The highest BCUT2D eigenvalue weighted by atomic mass is 16.5. The van der Waals surface area contributed by atoms with Crippen LogP contribution in [-0.2, 0) is 16.0 Å². The van der Waals surface area contributed by atoms with E-state index < -0.39 is 0 Å². The second-order valence-corrected chi connectivity index (χ2v) is 8.11. The van der Waals surface area contributed by atoms with Gasteiger partial charge in [0.05, 0.1) is 24.6 Å². The fourth-order valence-corrected chi connectivity index (χ4v) is 4.20. The fourth-order valence-electron chi connectivity index (χ4n) is 4.20. The number of esters is 1. The van der Waals surface area contributed by atoms with Crippen molar-refractivity contribution in [3.63, 3.8) is 0 Å². The molecule has 0 unspecified atom stereocenters. The van der Waals surface area contributed by atoms with Crippen LogP contribution in [0.25, 0.3) is 0 Å². The molecule has 1 aliphatic rings. The Balaban J connectivity index is 1.69. The quantitative estimate of drug-likeness (QED) is 0.574. The molecule has 1 atom stereocenters. The van der Waals surface area contributed by atoms with Gasteiger partial charge in [0.2, 0.25) is 5.91 Å². The van der Waals surface area contributed by atoms with Crippen LogP contribution in [0.1, 0.15) is 73.5 Å². The van der Waals surface area contributed by atoms with E-state index >= 15 is 0 Å². The first-order valence-electron chi connectivity index (χ1n) is 11.5. The molecule has 5 heteroatoms. The average molecular weight is 423 g/mol. The normalized spacial score (nSPS) is 14.7. The number of ether oxygens (including phenoxy) is 1. The number of piperidine rings is 1. The molecule has 0 saturated carbocycles. The number of amides is 1. The molecule has 166 valence electrons. The Morgan fingerprint density at radius 3 is 2.39 bits per heavy atom. The van der Waals surface area contributed by atoms with Crippen molar-refractivity contribution in [3.05, 3.63) is 65.2 Å². The largest absolute Gasteiger partial charge is 0.462 e. The van der Waals surface area contributed by atoms with Crippen LogP contribution in [0.5, 0.6) is 0 Å². The van der Waals surface area contributed by atoms with E-state index in [0.29, 0.717) is 12.2 Å². The summed E-state index contributed by atoms with van der Waals surface area (Å²) in [5.41, 5.74) is 3.84. The number of hydrogen-bond donors (Lipinski definition) is 1. The minimum atomic E-state index is -0.337. The van der Waals surface area contributed by atoms with Gasteiger partial charge in [-0.2, -0.15) is 0 Å². The van der Waals surface area contributed by atoms with Crippen molar-refractivity contribution in [2.45, 2.75) is 58.4 Å². The highest BCUT2D eigenvalue weighted by Gasteiger charge is 2.21. The van der Waals surface area contributed by atoms with Crippen LogP contribution in [0.3, 0.4) is 0 Å². The number of nitrogens with one attached hydrogen (secondary N) is 1. The summed E-state index contributed by atoms with van der Waals surface area (Å²) in [4.78, 5) is 27.1. The molecule has 3 rings (SSSR count). The van der Waals surface area contributed by atoms with Crippen molar-refractivity contribution in [3.8, 4) is 0 Å². The van der Waals surface area contributed by atoms with Gasteiger partial charge in [-0.15, -0.1) is 0 Å². The molecule has 31 heavy (non-hydrogen) atoms. The van der Waals surface area contributed by atoms with E-state index in [2.05, 4.69) is 41.4 Å². The second-order valence-electron chi connectivity index (χ2n) is 8.11. The van der Waals surface area contributed by atoms with E-state index in [9.17, 15) is 9.59 Å².